The van der Waals surface area contributed by atoms with Crippen molar-refractivity contribution in [2.75, 3.05) is 7.11 Å². The molecule has 0 spiro atoms. The number of hydrogen-bond acceptors (Lipinski definition) is 3. The molecule has 0 amide bonds. The van der Waals surface area contributed by atoms with Crippen molar-refractivity contribution in [2.24, 2.45) is 16.7 Å². The van der Waals surface area contributed by atoms with Gasteiger partial charge in [0.1, 0.15) is 0 Å². The van der Waals surface area contributed by atoms with Gasteiger partial charge in [0.2, 0.25) is 0 Å². The average molecular weight is 317 g/mol. The molecular weight excluding hydrogens is 296 g/mol. The lowest BCUT2D eigenvalue weighted by atomic mass is 9.50. The number of esters is 1. The van der Waals surface area contributed by atoms with Gasteiger partial charge < -0.3 is 4.74 Å². The predicted molar refractivity (Wildman–Crippen MR) is 72.5 cm³/mol. The van der Waals surface area contributed by atoms with Gasteiger partial charge in [-0.25, -0.2) is 0 Å². The van der Waals surface area contributed by atoms with Gasteiger partial charge in [0, 0.05) is 5.41 Å². The lowest BCUT2D eigenvalue weighted by Crippen LogP contribution is -2.56. The van der Waals surface area contributed by atoms with Gasteiger partial charge in [0.25, 0.3) is 0 Å². The number of Topliss-reactive ketones (excluding diaryl/α,β-unsaturated/α-hetero) is 1. The molecule has 0 aromatic rings. The highest BCUT2D eigenvalue weighted by molar-refractivity contribution is 9.10. The molecular formula is C14H21BrO3. The van der Waals surface area contributed by atoms with Crippen LogP contribution in [0.5, 0.6) is 0 Å². The summed E-state index contributed by atoms with van der Waals surface area (Å²) in [5.74, 6) is 0.236. The van der Waals surface area contributed by atoms with Gasteiger partial charge in [0.05, 0.1) is 17.4 Å². The fourth-order valence-electron chi connectivity index (χ4n) is 4.09. The number of fused-ring (bicyclic) bond motifs is 1. The minimum absolute atomic E-state index is 0.0428. The van der Waals surface area contributed by atoms with Gasteiger partial charge in [-0.2, -0.15) is 0 Å². The highest BCUT2D eigenvalue weighted by atomic mass is 79.9. The number of carbonyl (C=O) groups is 2. The van der Waals surface area contributed by atoms with Crippen LogP contribution in [0.2, 0.25) is 0 Å². The number of hydrogen-bond donors (Lipinski definition) is 0. The van der Waals surface area contributed by atoms with Crippen molar-refractivity contribution < 1.29 is 14.3 Å². The highest BCUT2D eigenvalue weighted by Crippen LogP contribution is 2.57. The van der Waals surface area contributed by atoms with Gasteiger partial charge in [-0.15, -0.1) is 0 Å². The molecule has 102 valence electrons. The van der Waals surface area contributed by atoms with E-state index in [9.17, 15) is 9.59 Å². The number of methoxy groups -OCH3 is 1. The molecule has 2 aliphatic carbocycles. The van der Waals surface area contributed by atoms with E-state index in [0.717, 1.165) is 32.1 Å². The minimum atomic E-state index is -0.495. The molecule has 0 bridgehead atoms. The number of halogens is 1. The maximum absolute atomic E-state index is 12.5. The molecule has 18 heavy (non-hydrogen) atoms. The van der Waals surface area contributed by atoms with E-state index in [1.165, 1.54) is 7.11 Å². The minimum Gasteiger partial charge on any atom is -0.469 e. The number of rotatable bonds is 1. The Balaban J connectivity index is 2.38. The first kappa shape index (κ1) is 14.0. The molecule has 2 fully saturated rings. The molecule has 0 aliphatic heterocycles. The standard InChI is InChI=1S/C14H21BrO3/c1-13-7-4-8-14(2,12(17)18-3)10(13)6-5-9(15)11(13)16/h9-10H,4-8H2,1-3H3/t9?,10-,13+,14+/m0/s1. The molecule has 2 rings (SSSR count). The van der Waals surface area contributed by atoms with Gasteiger partial charge in [0.15, 0.2) is 5.78 Å². The van der Waals surface area contributed by atoms with E-state index in [1.807, 2.05) is 13.8 Å². The quantitative estimate of drug-likeness (QED) is 0.551. The average Bonchev–Trinajstić information content (AvgIpc) is 2.34. The molecule has 0 saturated heterocycles. The Labute approximate surface area is 117 Å². The first-order valence-corrected chi connectivity index (χ1v) is 7.54. The number of alkyl halides is 1. The maximum Gasteiger partial charge on any atom is 0.311 e. The molecule has 0 N–H and O–H groups in total. The summed E-state index contributed by atoms with van der Waals surface area (Å²) in [7, 11) is 1.44. The molecule has 4 heteroatoms. The monoisotopic (exact) mass is 316 g/mol. The Kier molecular flexibility index (Phi) is 3.60. The zero-order valence-electron chi connectivity index (χ0n) is 11.3. The molecule has 3 nitrogen and oxygen atoms in total. The summed E-state index contributed by atoms with van der Waals surface area (Å²) in [5.41, 5.74) is -0.863. The lowest BCUT2D eigenvalue weighted by Gasteiger charge is -2.53. The van der Waals surface area contributed by atoms with E-state index in [1.54, 1.807) is 0 Å². The summed E-state index contributed by atoms with van der Waals surface area (Å²) in [6, 6.07) is 0. The summed E-state index contributed by atoms with van der Waals surface area (Å²) in [5, 5.41) is 0. The molecule has 0 aromatic heterocycles. The molecule has 2 saturated carbocycles. The normalized spacial score (nSPS) is 44.3. The topological polar surface area (TPSA) is 43.4 Å². The van der Waals surface area contributed by atoms with Crippen molar-refractivity contribution in [3.63, 3.8) is 0 Å². The molecule has 0 radical (unpaired) electrons. The van der Waals surface area contributed by atoms with Gasteiger partial charge in [-0.1, -0.05) is 29.3 Å². The van der Waals surface area contributed by atoms with Crippen LogP contribution in [0.3, 0.4) is 0 Å². The number of ether oxygens (including phenoxy) is 1. The van der Waals surface area contributed by atoms with Crippen molar-refractivity contribution >= 4 is 27.7 Å². The second kappa shape index (κ2) is 4.62. The second-order valence-corrected chi connectivity index (χ2v) is 7.25. The third-order valence-corrected chi connectivity index (χ3v) is 6.01. The summed E-state index contributed by atoms with van der Waals surface area (Å²) in [4.78, 5) is 24.6. The fourth-order valence-corrected chi connectivity index (χ4v) is 4.87. The SMILES string of the molecule is COC(=O)[C@]1(C)CCC[C@@]2(C)C(=O)C(Br)CC[C@H]12. The third-order valence-electron chi connectivity index (χ3n) is 5.14. The van der Waals surface area contributed by atoms with Crippen LogP contribution >= 0.6 is 15.9 Å². The molecule has 0 heterocycles. The van der Waals surface area contributed by atoms with Crippen LogP contribution < -0.4 is 0 Å². The maximum atomic E-state index is 12.5. The number of ketones is 1. The van der Waals surface area contributed by atoms with E-state index in [4.69, 9.17) is 4.74 Å². The summed E-state index contributed by atoms with van der Waals surface area (Å²) < 4.78 is 4.99. The van der Waals surface area contributed by atoms with Crippen LogP contribution in [0, 0.1) is 16.7 Å². The Morgan fingerprint density at radius 3 is 2.61 bits per heavy atom. The Bertz CT molecular complexity index is 371. The van der Waals surface area contributed by atoms with Crippen molar-refractivity contribution in [2.45, 2.75) is 50.8 Å². The van der Waals surface area contributed by atoms with Crippen molar-refractivity contribution in [3.8, 4) is 0 Å². The van der Waals surface area contributed by atoms with E-state index in [-0.39, 0.29) is 27.9 Å². The Morgan fingerprint density at radius 1 is 1.33 bits per heavy atom. The van der Waals surface area contributed by atoms with Crippen LogP contribution in [-0.4, -0.2) is 23.7 Å². The Hall–Kier alpha value is -0.380. The summed E-state index contributed by atoms with van der Waals surface area (Å²) in [6.45, 7) is 4.01. The van der Waals surface area contributed by atoms with Crippen LogP contribution in [0.25, 0.3) is 0 Å². The van der Waals surface area contributed by atoms with Crippen molar-refractivity contribution in [3.05, 3.63) is 0 Å². The third kappa shape index (κ3) is 1.84. The lowest BCUT2D eigenvalue weighted by molar-refractivity contribution is -0.168. The van der Waals surface area contributed by atoms with Crippen LogP contribution in [0.15, 0.2) is 0 Å². The van der Waals surface area contributed by atoms with E-state index in [0.29, 0.717) is 0 Å². The largest absolute Gasteiger partial charge is 0.469 e. The second-order valence-electron chi connectivity index (χ2n) is 6.14. The van der Waals surface area contributed by atoms with Crippen LogP contribution in [-0.2, 0) is 14.3 Å². The van der Waals surface area contributed by atoms with Gasteiger partial charge >= 0.3 is 5.97 Å². The molecule has 1 unspecified atom stereocenters. The zero-order valence-corrected chi connectivity index (χ0v) is 12.9. The van der Waals surface area contributed by atoms with Crippen LogP contribution in [0.1, 0.15) is 46.0 Å². The fraction of sp³-hybridized carbons (Fsp3) is 0.857. The summed E-state index contributed by atoms with van der Waals surface area (Å²) in [6.07, 6.45) is 4.39. The first-order chi connectivity index (χ1) is 8.36. The molecule has 2 aliphatic rings. The Morgan fingerprint density at radius 2 is 2.00 bits per heavy atom. The zero-order chi connectivity index (χ0) is 13.6. The van der Waals surface area contributed by atoms with Crippen molar-refractivity contribution in [1.82, 2.24) is 0 Å². The van der Waals surface area contributed by atoms with E-state index in [2.05, 4.69) is 15.9 Å². The predicted octanol–water partition coefficient (Wildman–Crippen LogP) is 3.10. The highest BCUT2D eigenvalue weighted by Gasteiger charge is 2.58. The van der Waals surface area contributed by atoms with E-state index >= 15 is 0 Å². The van der Waals surface area contributed by atoms with Crippen LogP contribution in [0.4, 0.5) is 0 Å². The first-order valence-electron chi connectivity index (χ1n) is 6.63. The smallest absolute Gasteiger partial charge is 0.311 e. The van der Waals surface area contributed by atoms with Gasteiger partial charge in [-0.05, 0) is 38.5 Å². The van der Waals surface area contributed by atoms with E-state index < -0.39 is 5.41 Å². The molecule has 4 atom stereocenters. The van der Waals surface area contributed by atoms with Gasteiger partial charge in [-0.3, -0.25) is 9.59 Å². The molecule has 0 aromatic carbocycles. The summed E-state index contributed by atoms with van der Waals surface area (Å²) >= 11 is 3.48. The van der Waals surface area contributed by atoms with Crippen molar-refractivity contribution in [1.29, 1.82) is 0 Å². The number of carbonyl (C=O) groups excluding carboxylic acids is 2.